The van der Waals surface area contributed by atoms with Crippen LogP contribution in [0.1, 0.15) is 6.92 Å². The summed E-state index contributed by atoms with van der Waals surface area (Å²) in [5, 5.41) is 2.68. The number of nitrogens with one attached hydrogen (secondary N) is 1. The molecule has 24 heavy (non-hydrogen) atoms. The monoisotopic (exact) mass is 360 g/mol. The van der Waals surface area contributed by atoms with Crippen molar-refractivity contribution in [1.82, 2.24) is 5.32 Å². The molecule has 0 saturated carbocycles. The van der Waals surface area contributed by atoms with Crippen LogP contribution in [0.15, 0.2) is 18.2 Å². The van der Waals surface area contributed by atoms with Crippen LogP contribution in [-0.2, 0) is 19.6 Å². The van der Waals surface area contributed by atoms with E-state index in [0.29, 0.717) is 23.8 Å². The van der Waals surface area contributed by atoms with Crippen molar-refractivity contribution >= 4 is 21.6 Å². The maximum Gasteiger partial charge on any atom is 0.241 e. The second kappa shape index (κ2) is 8.74. The van der Waals surface area contributed by atoms with Crippen molar-refractivity contribution in [2.24, 2.45) is 0 Å². The molecule has 0 radical (unpaired) electrons. The highest BCUT2D eigenvalue weighted by molar-refractivity contribution is 7.92. The molecule has 1 N–H and O–H groups in total. The van der Waals surface area contributed by atoms with Gasteiger partial charge >= 0.3 is 0 Å². The van der Waals surface area contributed by atoms with Gasteiger partial charge in [0, 0.05) is 19.2 Å². The molecule has 1 aromatic rings. The van der Waals surface area contributed by atoms with E-state index in [1.165, 1.54) is 27.4 Å². The van der Waals surface area contributed by atoms with Gasteiger partial charge in [-0.1, -0.05) is 0 Å². The molecule has 0 heterocycles. The van der Waals surface area contributed by atoms with Crippen molar-refractivity contribution < 1.29 is 27.4 Å². The van der Waals surface area contributed by atoms with Gasteiger partial charge in [0.2, 0.25) is 15.9 Å². The van der Waals surface area contributed by atoms with Crippen LogP contribution in [0.4, 0.5) is 5.69 Å². The van der Waals surface area contributed by atoms with Crippen molar-refractivity contribution in [2.45, 2.75) is 13.0 Å². The molecule has 1 rings (SSSR count). The molecular weight excluding hydrogens is 336 g/mol. The standard InChI is InChI=1S/C15H24N2O6S/c1-11(10-21-2)16-15(18)9-17(24(5,19)20)12-6-7-13(22-3)14(8-12)23-4/h6-8,11H,9-10H2,1-5H3,(H,16,18)/t11-/m1/s1. The summed E-state index contributed by atoms with van der Waals surface area (Å²) in [4.78, 5) is 12.1. The molecule has 0 spiro atoms. The lowest BCUT2D eigenvalue weighted by Gasteiger charge is -2.23. The Morgan fingerprint density at radius 2 is 1.83 bits per heavy atom. The largest absolute Gasteiger partial charge is 0.493 e. The third-order valence-electron chi connectivity index (χ3n) is 3.17. The molecule has 0 bridgehead atoms. The summed E-state index contributed by atoms with van der Waals surface area (Å²) in [6.07, 6.45) is 1.04. The summed E-state index contributed by atoms with van der Waals surface area (Å²) >= 11 is 0. The predicted molar refractivity (Wildman–Crippen MR) is 91.2 cm³/mol. The van der Waals surface area contributed by atoms with Gasteiger partial charge in [-0.3, -0.25) is 9.10 Å². The number of ether oxygens (including phenoxy) is 3. The molecule has 136 valence electrons. The molecule has 1 atom stereocenters. The molecule has 0 fully saturated rings. The van der Waals surface area contributed by atoms with Gasteiger partial charge in [-0.15, -0.1) is 0 Å². The lowest BCUT2D eigenvalue weighted by Crippen LogP contribution is -2.44. The van der Waals surface area contributed by atoms with Gasteiger partial charge in [0.1, 0.15) is 6.54 Å². The van der Waals surface area contributed by atoms with Crippen LogP contribution in [0.2, 0.25) is 0 Å². The SMILES string of the molecule is COC[C@@H](C)NC(=O)CN(c1ccc(OC)c(OC)c1)S(C)(=O)=O. The van der Waals surface area contributed by atoms with Crippen molar-refractivity contribution in [1.29, 1.82) is 0 Å². The topological polar surface area (TPSA) is 94.2 Å². The van der Waals surface area contributed by atoms with Crippen molar-refractivity contribution in [3.63, 3.8) is 0 Å². The van der Waals surface area contributed by atoms with Gasteiger partial charge in [-0.05, 0) is 19.1 Å². The lowest BCUT2D eigenvalue weighted by atomic mass is 10.2. The van der Waals surface area contributed by atoms with E-state index in [1.807, 2.05) is 0 Å². The van der Waals surface area contributed by atoms with Gasteiger partial charge < -0.3 is 19.5 Å². The van der Waals surface area contributed by atoms with E-state index in [-0.39, 0.29) is 12.6 Å². The van der Waals surface area contributed by atoms with Crippen LogP contribution in [0, 0.1) is 0 Å². The second-order valence-electron chi connectivity index (χ2n) is 5.23. The molecule has 8 nitrogen and oxygen atoms in total. The van der Waals surface area contributed by atoms with E-state index < -0.39 is 15.9 Å². The Balaban J connectivity index is 3.05. The number of anilines is 1. The number of nitrogens with zero attached hydrogens (tertiary/aromatic N) is 1. The highest BCUT2D eigenvalue weighted by atomic mass is 32.2. The van der Waals surface area contributed by atoms with Gasteiger partial charge in [0.15, 0.2) is 11.5 Å². The first kappa shape index (κ1) is 20.0. The van der Waals surface area contributed by atoms with E-state index >= 15 is 0 Å². The van der Waals surface area contributed by atoms with E-state index in [4.69, 9.17) is 14.2 Å². The third-order valence-corrected chi connectivity index (χ3v) is 4.31. The fourth-order valence-electron chi connectivity index (χ4n) is 2.12. The fourth-order valence-corrected chi connectivity index (χ4v) is 2.97. The zero-order valence-corrected chi connectivity index (χ0v) is 15.3. The van der Waals surface area contributed by atoms with Crippen LogP contribution in [-0.4, -0.2) is 61.1 Å². The minimum absolute atomic E-state index is 0.227. The number of benzene rings is 1. The molecule has 0 aliphatic carbocycles. The van der Waals surface area contributed by atoms with E-state index in [2.05, 4.69) is 5.32 Å². The van der Waals surface area contributed by atoms with E-state index in [1.54, 1.807) is 19.1 Å². The molecule has 0 saturated heterocycles. The van der Waals surface area contributed by atoms with Gasteiger partial charge in [-0.25, -0.2) is 8.42 Å². The maximum atomic E-state index is 12.1. The van der Waals surface area contributed by atoms with Crippen molar-refractivity contribution in [3.05, 3.63) is 18.2 Å². The number of rotatable bonds is 9. The van der Waals surface area contributed by atoms with Crippen LogP contribution in [0.25, 0.3) is 0 Å². The van der Waals surface area contributed by atoms with Crippen molar-refractivity contribution in [3.8, 4) is 11.5 Å². The van der Waals surface area contributed by atoms with Crippen LogP contribution < -0.4 is 19.1 Å². The molecular formula is C15H24N2O6S. The highest BCUT2D eigenvalue weighted by Gasteiger charge is 2.23. The normalized spacial score (nSPS) is 12.4. The molecule has 1 amide bonds. The number of methoxy groups -OCH3 is 3. The summed E-state index contributed by atoms with van der Waals surface area (Å²) in [5.41, 5.74) is 0.310. The average Bonchev–Trinajstić information content (AvgIpc) is 2.51. The molecule has 0 aliphatic heterocycles. The summed E-state index contributed by atoms with van der Waals surface area (Å²) in [6, 6.07) is 4.41. The average molecular weight is 360 g/mol. The smallest absolute Gasteiger partial charge is 0.241 e. The minimum atomic E-state index is -3.66. The Hall–Kier alpha value is -2.00. The zero-order valence-electron chi connectivity index (χ0n) is 14.5. The number of carbonyl (C=O) groups is 1. The minimum Gasteiger partial charge on any atom is -0.493 e. The number of hydrogen-bond acceptors (Lipinski definition) is 6. The van der Waals surface area contributed by atoms with Gasteiger partial charge in [0.05, 0.1) is 32.8 Å². The first-order valence-electron chi connectivity index (χ1n) is 7.21. The highest BCUT2D eigenvalue weighted by Crippen LogP contribution is 2.32. The van der Waals surface area contributed by atoms with E-state index in [9.17, 15) is 13.2 Å². The van der Waals surface area contributed by atoms with Crippen molar-refractivity contribution in [2.75, 3.05) is 45.0 Å². The molecule has 1 aromatic carbocycles. The van der Waals surface area contributed by atoms with Gasteiger partial charge in [-0.2, -0.15) is 0 Å². The summed E-state index contributed by atoms with van der Waals surface area (Å²) < 4.78 is 40.4. The number of amides is 1. The van der Waals surface area contributed by atoms with E-state index in [0.717, 1.165) is 10.6 Å². The Bertz CT molecular complexity index is 662. The first-order chi connectivity index (χ1) is 11.2. The Morgan fingerprint density at radius 3 is 2.33 bits per heavy atom. The molecule has 0 aliphatic rings. The number of carbonyl (C=O) groups excluding carboxylic acids is 1. The Kier molecular flexibility index (Phi) is 7.30. The van der Waals surface area contributed by atoms with Crippen LogP contribution >= 0.6 is 0 Å². The third kappa shape index (κ3) is 5.57. The molecule has 0 aromatic heterocycles. The van der Waals surface area contributed by atoms with Crippen LogP contribution in [0.3, 0.4) is 0 Å². The quantitative estimate of drug-likeness (QED) is 0.694. The Morgan fingerprint density at radius 1 is 1.21 bits per heavy atom. The summed E-state index contributed by atoms with van der Waals surface area (Å²) in [7, 11) is 0.795. The number of sulfonamides is 1. The lowest BCUT2D eigenvalue weighted by molar-refractivity contribution is -0.120. The number of hydrogen-bond donors (Lipinski definition) is 1. The maximum absolute atomic E-state index is 12.1. The predicted octanol–water partition coefficient (Wildman–Crippen LogP) is 0.621. The Labute approximate surface area is 142 Å². The second-order valence-corrected chi connectivity index (χ2v) is 7.14. The summed E-state index contributed by atoms with van der Waals surface area (Å²) in [6.45, 7) is 1.76. The van der Waals surface area contributed by atoms with Crippen LogP contribution in [0.5, 0.6) is 11.5 Å². The molecule has 0 unspecified atom stereocenters. The fraction of sp³-hybridized carbons (Fsp3) is 0.533. The zero-order chi connectivity index (χ0) is 18.3. The first-order valence-corrected chi connectivity index (χ1v) is 9.05. The van der Waals surface area contributed by atoms with Gasteiger partial charge in [0.25, 0.3) is 0 Å². The summed E-state index contributed by atoms with van der Waals surface area (Å²) in [5.74, 6) is 0.407. The molecule has 9 heteroatoms.